The second kappa shape index (κ2) is 8.67. The van der Waals surface area contributed by atoms with Gasteiger partial charge >= 0.3 is 0 Å². The fourth-order valence-corrected chi connectivity index (χ4v) is 2.63. The van der Waals surface area contributed by atoms with Gasteiger partial charge in [0.05, 0.1) is 11.6 Å². The zero-order valence-electron chi connectivity index (χ0n) is 14.6. The molecule has 0 fully saturated rings. The third-order valence-corrected chi connectivity index (χ3v) is 4.18. The third-order valence-electron chi connectivity index (χ3n) is 3.95. The summed E-state index contributed by atoms with van der Waals surface area (Å²) in [5.41, 5.74) is 2.65. The number of hydrogen-bond donors (Lipinski definition) is 1. The molecule has 0 unspecified atom stereocenters. The van der Waals surface area contributed by atoms with E-state index in [1.54, 1.807) is 12.1 Å². The Morgan fingerprint density at radius 2 is 1.84 bits per heavy atom. The molecule has 5 heteroatoms. The molecule has 0 aliphatic heterocycles. The maximum absolute atomic E-state index is 12.1. The molecule has 0 saturated heterocycles. The van der Waals surface area contributed by atoms with Crippen molar-refractivity contribution in [3.8, 4) is 5.75 Å². The summed E-state index contributed by atoms with van der Waals surface area (Å²) in [5, 5.41) is 3.34. The summed E-state index contributed by atoms with van der Waals surface area (Å²) in [6.07, 6.45) is 0.981. The van der Waals surface area contributed by atoms with Crippen LogP contribution in [0.5, 0.6) is 5.75 Å². The Labute approximate surface area is 153 Å². The van der Waals surface area contributed by atoms with Crippen molar-refractivity contribution in [1.82, 2.24) is 5.32 Å². The molecule has 0 spiro atoms. The van der Waals surface area contributed by atoms with Crippen molar-refractivity contribution in [3.63, 3.8) is 0 Å². The van der Waals surface area contributed by atoms with E-state index in [4.69, 9.17) is 16.3 Å². The van der Waals surface area contributed by atoms with Crippen LogP contribution in [0.15, 0.2) is 42.5 Å². The van der Waals surface area contributed by atoms with Crippen LogP contribution in [0.25, 0.3) is 0 Å². The lowest BCUT2D eigenvalue weighted by Gasteiger charge is -2.16. The van der Waals surface area contributed by atoms with Gasteiger partial charge < -0.3 is 10.1 Å². The molecule has 132 valence electrons. The maximum atomic E-state index is 12.1. The molecule has 2 aromatic carbocycles. The van der Waals surface area contributed by atoms with Crippen molar-refractivity contribution in [3.05, 3.63) is 64.2 Å². The molecule has 2 rings (SSSR count). The predicted octanol–water partition coefficient (Wildman–Crippen LogP) is 4.36. The van der Waals surface area contributed by atoms with Crippen LogP contribution in [0.1, 0.15) is 48.3 Å². The molecule has 1 amide bonds. The first-order valence-corrected chi connectivity index (χ1v) is 8.60. The van der Waals surface area contributed by atoms with E-state index in [0.29, 0.717) is 16.3 Å². The molecular formula is C20H22ClNO3. The fourth-order valence-electron chi connectivity index (χ4n) is 2.45. The Morgan fingerprint density at radius 1 is 1.16 bits per heavy atom. The number of hydrogen-bond acceptors (Lipinski definition) is 3. The molecule has 2 aromatic rings. The minimum atomic E-state index is -0.253. The van der Waals surface area contributed by atoms with Gasteiger partial charge in [-0.1, -0.05) is 42.8 Å². The lowest BCUT2D eigenvalue weighted by Crippen LogP contribution is -2.31. The van der Waals surface area contributed by atoms with Gasteiger partial charge in [0.15, 0.2) is 12.4 Å². The quantitative estimate of drug-likeness (QED) is 0.747. The summed E-state index contributed by atoms with van der Waals surface area (Å²) in [7, 11) is 0. The van der Waals surface area contributed by atoms with Gasteiger partial charge in [0.1, 0.15) is 5.75 Å². The van der Waals surface area contributed by atoms with Crippen molar-refractivity contribution >= 4 is 23.3 Å². The minimum absolute atomic E-state index is 0.125. The first kappa shape index (κ1) is 19.0. The standard InChI is InChI=1S/C20H22ClNO3/c1-4-15-5-7-16(8-6-15)13(2)22-20(24)12-25-19-10-9-17(21)11-18(19)14(3)23/h5-11,13H,4,12H2,1-3H3,(H,22,24)/t13-/m0/s1. The van der Waals surface area contributed by atoms with Gasteiger partial charge in [0, 0.05) is 5.02 Å². The smallest absolute Gasteiger partial charge is 0.258 e. The second-order valence-electron chi connectivity index (χ2n) is 5.87. The number of rotatable bonds is 7. The lowest BCUT2D eigenvalue weighted by molar-refractivity contribution is -0.123. The normalized spacial score (nSPS) is 11.7. The number of aryl methyl sites for hydroxylation is 1. The van der Waals surface area contributed by atoms with E-state index in [-0.39, 0.29) is 24.3 Å². The molecular weight excluding hydrogens is 338 g/mol. The molecule has 0 aliphatic carbocycles. The minimum Gasteiger partial charge on any atom is -0.483 e. The summed E-state index contributed by atoms with van der Waals surface area (Å²) in [6.45, 7) is 5.28. The Hall–Kier alpha value is -2.33. The number of nitrogens with one attached hydrogen (secondary N) is 1. The van der Waals surface area contributed by atoms with Crippen LogP contribution in [0.3, 0.4) is 0 Å². The zero-order chi connectivity index (χ0) is 18.4. The number of benzene rings is 2. The van der Waals surface area contributed by atoms with Gasteiger partial charge in [-0.25, -0.2) is 0 Å². The number of ether oxygens (including phenoxy) is 1. The maximum Gasteiger partial charge on any atom is 0.258 e. The molecule has 0 aliphatic rings. The average Bonchev–Trinajstić information content (AvgIpc) is 2.60. The van der Waals surface area contributed by atoms with Crippen LogP contribution in [0, 0.1) is 0 Å². The van der Waals surface area contributed by atoms with E-state index >= 15 is 0 Å². The summed E-state index contributed by atoms with van der Waals surface area (Å²) in [4.78, 5) is 23.8. The summed E-state index contributed by atoms with van der Waals surface area (Å²) in [5.74, 6) is -0.0641. The molecule has 0 saturated carbocycles. The van der Waals surface area contributed by atoms with Crippen molar-refractivity contribution in [2.75, 3.05) is 6.61 Å². The Morgan fingerprint density at radius 3 is 2.44 bits per heavy atom. The first-order valence-electron chi connectivity index (χ1n) is 8.22. The van der Waals surface area contributed by atoms with Gasteiger partial charge in [-0.15, -0.1) is 0 Å². The van der Waals surface area contributed by atoms with Crippen LogP contribution in [-0.4, -0.2) is 18.3 Å². The van der Waals surface area contributed by atoms with E-state index in [9.17, 15) is 9.59 Å². The van der Waals surface area contributed by atoms with Crippen LogP contribution in [0.2, 0.25) is 5.02 Å². The summed E-state index contributed by atoms with van der Waals surface area (Å²) in [6, 6.07) is 12.8. The number of amides is 1. The predicted molar refractivity (Wildman–Crippen MR) is 99.3 cm³/mol. The van der Waals surface area contributed by atoms with Gasteiger partial charge in [0.25, 0.3) is 5.91 Å². The van der Waals surface area contributed by atoms with Crippen LogP contribution in [-0.2, 0) is 11.2 Å². The van der Waals surface area contributed by atoms with E-state index in [1.165, 1.54) is 18.6 Å². The lowest BCUT2D eigenvalue weighted by atomic mass is 10.1. The fraction of sp³-hybridized carbons (Fsp3) is 0.300. The van der Waals surface area contributed by atoms with Gasteiger partial charge in [-0.2, -0.15) is 0 Å². The van der Waals surface area contributed by atoms with E-state index in [0.717, 1.165) is 12.0 Å². The highest BCUT2D eigenvalue weighted by molar-refractivity contribution is 6.31. The topological polar surface area (TPSA) is 55.4 Å². The Bertz CT molecular complexity index is 756. The van der Waals surface area contributed by atoms with Crippen LogP contribution in [0.4, 0.5) is 0 Å². The molecule has 4 nitrogen and oxygen atoms in total. The molecule has 1 N–H and O–H groups in total. The van der Waals surface area contributed by atoms with Crippen molar-refractivity contribution in [2.24, 2.45) is 0 Å². The highest BCUT2D eigenvalue weighted by Gasteiger charge is 2.13. The second-order valence-corrected chi connectivity index (χ2v) is 6.31. The molecule has 25 heavy (non-hydrogen) atoms. The van der Waals surface area contributed by atoms with Crippen LogP contribution >= 0.6 is 11.6 Å². The van der Waals surface area contributed by atoms with Crippen molar-refractivity contribution in [2.45, 2.75) is 33.2 Å². The van der Waals surface area contributed by atoms with Crippen LogP contribution < -0.4 is 10.1 Å². The van der Waals surface area contributed by atoms with E-state index in [1.807, 2.05) is 19.1 Å². The van der Waals surface area contributed by atoms with Crippen molar-refractivity contribution in [1.29, 1.82) is 0 Å². The zero-order valence-corrected chi connectivity index (χ0v) is 15.4. The Kier molecular flexibility index (Phi) is 6.59. The van der Waals surface area contributed by atoms with Gasteiger partial charge in [-0.05, 0) is 49.6 Å². The van der Waals surface area contributed by atoms with E-state index in [2.05, 4.69) is 24.4 Å². The third kappa shape index (κ3) is 5.33. The number of carbonyl (C=O) groups excluding carboxylic acids is 2. The number of ketones is 1. The highest BCUT2D eigenvalue weighted by Crippen LogP contribution is 2.23. The Balaban J connectivity index is 1.95. The van der Waals surface area contributed by atoms with E-state index < -0.39 is 0 Å². The molecule has 1 atom stereocenters. The molecule has 0 radical (unpaired) electrons. The largest absolute Gasteiger partial charge is 0.483 e. The number of Topliss-reactive ketones (excluding diaryl/α,β-unsaturated/α-hetero) is 1. The monoisotopic (exact) mass is 359 g/mol. The molecule has 0 bridgehead atoms. The molecule has 0 aromatic heterocycles. The summed E-state index contributed by atoms with van der Waals surface area (Å²) >= 11 is 5.89. The van der Waals surface area contributed by atoms with Gasteiger partial charge in [-0.3, -0.25) is 9.59 Å². The molecule has 0 heterocycles. The average molecular weight is 360 g/mol. The summed E-state index contributed by atoms with van der Waals surface area (Å²) < 4.78 is 5.50. The number of carbonyl (C=O) groups is 2. The highest BCUT2D eigenvalue weighted by atomic mass is 35.5. The van der Waals surface area contributed by atoms with Crippen molar-refractivity contribution < 1.29 is 14.3 Å². The van der Waals surface area contributed by atoms with Gasteiger partial charge in [0.2, 0.25) is 0 Å². The first-order chi connectivity index (χ1) is 11.9. The SMILES string of the molecule is CCc1ccc([C@H](C)NC(=O)COc2ccc(Cl)cc2C(C)=O)cc1. The number of halogens is 1.